The number of benzene rings is 3. The Morgan fingerprint density at radius 3 is 2.09 bits per heavy atom. The van der Waals surface area contributed by atoms with Crippen molar-refractivity contribution < 1.29 is 17.9 Å². The van der Waals surface area contributed by atoms with Crippen molar-refractivity contribution in [3.05, 3.63) is 102 Å². The summed E-state index contributed by atoms with van der Waals surface area (Å²) >= 11 is 0. The smallest absolute Gasteiger partial charge is 0.324 e. The first-order valence-electron chi connectivity index (χ1n) is 12.0. The number of hydrogen-bond donors (Lipinski definition) is 0. The molecule has 0 aromatic heterocycles. The first kappa shape index (κ1) is 25.1. The van der Waals surface area contributed by atoms with Crippen molar-refractivity contribution in [2.45, 2.75) is 55.5 Å². The minimum absolute atomic E-state index is 0.0642. The molecule has 1 fully saturated rings. The third-order valence-corrected chi connectivity index (χ3v) is 9.90. The summed E-state index contributed by atoms with van der Waals surface area (Å²) in [5.41, 5.74) is 1.98. The van der Waals surface area contributed by atoms with E-state index in [1.54, 1.807) is 44.2 Å². The Morgan fingerprint density at radius 1 is 0.943 bits per heavy atom. The molecule has 3 aromatic carbocycles. The van der Waals surface area contributed by atoms with Gasteiger partial charge in [-0.15, -0.1) is 0 Å². The highest BCUT2D eigenvalue weighted by Gasteiger charge is 2.54. The molecule has 0 unspecified atom stereocenters. The molecule has 0 saturated carbocycles. The number of esters is 1. The average Bonchev–Trinajstić information content (AvgIpc) is 3.34. The number of hydrogen-bond acceptors (Lipinski definition) is 5. The second kappa shape index (κ2) is 10.3. The zero-order valence-corrected chi connectivity index (χ0v) is 21.3. The van der Waals surface area contributed by atoms with Gasteiger partial charge in [0.25, 0.3) is 0 Å². The molecule has 5 nitrogen and oxygen atoms in total. The summed E-state index contributed by atoms with van der Waals surface area (Å²) in [6, 6.07) is 27.3. The van der Waals surface area contributed by atoms with Crippen LogP contribution < -0.4 is 0 Å². The van der Waals surface area contributed by atoms with Crippen LogP contribution >= 0.6 is 0 Å². The molecule has 3 aromatic rings. The van der Waals surface area contributed by atoms with Crippen LogP contribution in [-0.4, -0.2) is 36.6 Å². The van der Waals surface area contributed by atoms with E-state index in [-0.39, 0.29) is 23.5 Å². The van der Waals surface area contributed by atoms with Crippen molar-refractivity contribution in [1.29, 1.82) is 0 Å². The third kappa shape index (κ3) is 5.04. The van der Waals surface area contributed by atoms with Crippen molar-refractivity contribution in [1.82, 2.24) is 4.90 Å². The fourth-order valence-electron chi connectivity index (χ4n) is 5.12. The van der Waals surface area contributed by atoms with Crippen molar-refractivity contribution in [3.63, 3.8) is 0 Å². The third-order valence-electron chi connectivity index (χ3n) is 7.32. The summed E-state index contributed by atoms with van der Waals surface area (Å²) in [4.78, 5) is 16.0. The fourth-order valence-corrected chi connectivity index (χ4v) is 6.89. The largest absolute Gasteiger partial charge is 0.460 e. The maximum absolute atomic E-state index is 13.8. The minimum atomic E-state index is -3.70. The number of likely N-dealkylation sites (tertiary alicyclic amines) is 1. The van der Waals surface area contributed by atoms with E-state index >= 15 is 0 Å². The van der Waals surface area contributed by atoms with Crippen LogP contribution in [0.5, 0.6) is 0 Å². The highest BCUT2D eigenvalue weighted by molar-refractivity contribution is 7.92. The molecule has 1 aliphatic rings. The molecule has 1 heterocycles. The van der Waals surface area contributed by atoms with E-state index in [2.05, 4.69) is 11.8 Å². The zero-order valence-electron chi connectivity index (χ0n) is 20.5. The number of rotatable bonds is 8. The van der Waals surface area contributed by atoms with Gasteiger partial charge in [-0.2, -0.15) is 0 Å². The Morgan fingerprint density at radius 2 is 1.49 bits per heavy atom. The Balaban J connectivity index is 1.67. The Kier molecular flexibility index (Phi) is 7.43. The molecule has 184 valence electrons. The summed E-state index contributed by atoms with van der Waals surface area (Å²) in [5, 5.41) is 0. The maximum Gasteiger partial charge on any atom is 0.324 e. The molecule has 6 heteroatoms. The quantitative estimate of drug-likeness (QED) is 0.393. The van der Waals surface area contributed by atoms with Gasteiger partial charge < -0.3 is 4.74 Å². The summed E-state index contributed by atoms with van der Waals surface area (Å²) in [7, 11) is -3.70. The lowest BCUT2D eigenvalue weighted by atomic mass is 9.87. The molecule has 0 bridgehead atoms. The van der Waals surface area contributed by atoms with Crippen LogP contribution in [-0.2, 0) is 26.0 Å². The second-order valence-electron chi connectivity index (χ2n) is 9.68. The van der Waals surface area contributed by atoms with Crippen molar-refractivity contribution >= 4 is 15.8 Å². The Hall–Kier alpha value is -2.96. The van der Waals surface area contributed by atoms with Gasteiger partial charge >= 0.3 is 5.97 Å². The molecule has 35 heavy (non-hydrogen) atoms. The summed E-state index contributed by atoms with van der Waals surface area (Å²) in [6.45, 7) is 6.32. The molecule has 0 radical (unpaired) electrons. The fraction of sp³-hybridized carbons (Fsp3) is 0.345. The van der Waals surface area contributed by atoms with Gasteiger partial charge in [0.1, 0.15) is 12.6 Å². The number of sulfone groups is 1. The minimum Gasteiger partial charge on any atom is -0.460 e. The van der Waals surface area contributed by atoms with Gasteiger partial charge in [0.2, 0.25) is 0 Å². The van der Waals surface area contributed by atoms with Crippen LogP contribution in [0.25, 0.3) is 0 Å². The molecular weight excluding hydrogens is 458 g/mol. The number of carbonyl (C=O) groups excluding carboxylic acids is 1. The molecule has 0 aliphatic carbocycles. The van der Waals surface area contributed by atoms with Gasteiger partial charge in [-0.25, -0.2) is 8.42 Å². The predicted molar refractivity (Wildman–Crippen MR) is 137 cm³/mol. The average molecular weight is 492 g/mol. The standard InChI is InChI=1S/C29H33NO4S/c1-22(24-15-9-5-10-16-24)30-20-19-26(27(30)28(31)34-21-23-13-7-4-8-14-23)29(2,3)35(32,33)25-17-11-6-12-18-25/h4-18,22,26-27H,19-21H2,1-3H3/t22-,26+,27-/m0/s1. The first-order valence-corrected chi connectivity index (χ1v) is 13.5. The highest BCUT2D eigenvalue weighted by atomic mass is 32.2. The van der Waals surface area contributed by atoms with E-state index in [1.165, 1.54) is 0 Å². The zero-order chi connectivity index (χ0) is 25.1. The lowest BCUT2D eigenvalue weighted by Gasteiger charge is -2.37. The van der Waals surface area contributed by atoms with E-state index in [0.29, 0.717) is 13.0 Å². The summed E-state index contributed by atoms with van der Waals surface area (Å²) in [6.07, 6.45) is 0.585. The van der Waals surface area contributed by atoms with Crippen LogP contribution in [0, 0.1) is 5.92 Å². The normalized spacial score (nSPS) is 19.9. The molecule has 1 aliphatic heterocycles. The van der Waals surface area contributed by atoms with Gasteiger partial charge in [0.05, 0.1) is 9.64 Å². The van der Waals surface area contributed by atoms with Crippen LogP contribution in [0.15, 0.2) is 95.9 Å². The molecule has 3 atom stereocenters. The monoisotopic (exact) mass is 491 g/mol. The van der Waals surface area contributed by atoms with E-state index in [9.17, 15) is 13.2 Å². The Labute approximate surface area is 208 Å². The van der Waals surface area contributed by atoms with Gasteiger partial charge in [0.15, 0.2) is 9.84 Å². The Bertz CT molecular complexity index is 1230. The van der Waals surface area contributed by atoms with Crippen molar-refractivity contribution in [2.75, 3.05) is 6.54 Å². The van der Waals surface area contributed by atoms with Gasteiger partial charge in [-0.1, -0.05) is 78.9 Å². The number of carbonyl (C=O) groups is 1. The van der Waals surface area contributed by atoms with Crippen molar-refractivity contribution in [2.24, 2.45) is 5.92 Å². The van der Waals surface area contributed by atoms with E-state index in [4.69, 9.17) is 4.74 Å². The van der Waals surface area contributed by atoms with Crippen LogP contribution in [0.3, 0.4) is 0 Å². The van der Waals surface area contributed by atoms with Gasteiger partial charge in [-0.05, 0) is 57.0 Å². The maximum atomic E-state index is 13.8. The van der Waals surface area contributed by atoms with Gasteiger partial charge in [-0.3, -0.25) is 9.69 Å². The van der Waals surface area contributed by atoms with E-state index in [0.717, 1.165) is 11.1 Å². The SMILES string of the molecule is C[C@@H](c1ccccc1)N1CC[C@@H](C(C)(C)S(=O)(=O)c2ccccc2)[C@H]1C(=O)OCc1ccccc1. The van der Waals surface area contributed by atoms with Gasteiger partial charge in [0, 0.05) is 12.0 Å². The number of ether oxygens (including phenoxy) is 1. The van der Waals surface area contributed by atoms with Crippen molar-refractivity contribution in [3.8, 4) is 0 Å². The lowest BCUT2D eigenvalue weighted by molar-refractivity contribution is -0.153. The molecule has 0 amide bonds. The summed E-state index contributed by atoms with van der Waals surface area (Å²) < 4.78 is 32.2. The topological polar surface area (TPSA) is 63.7 Å². The van der Waals surface area contributed by atoms with E-state index < -0.39 is 26.5 Å². The van der Waals surface area contributed by atoms with Crippen LogP contribution in [0.4, 0.5) is 0 Å². The second-order valence-corrected chi connectivity index (χ2v) is 12.2. The van der Waals surface area contributed by atoms with E-state index in [1.807, 2.05) is 60.7 Å². The molecule has 0 N–H and O–H groups in total. The van der Waals surface area contributed by atoms with Crippen LogP contribution in [0.2, 0.25) is 0 Å². The summed E-state index contributed by atoms with van der Waals surface area (Å²) in [5.74, 6) is -0.808. The molecule has 1 saturated heterocycles. The first-order chi connectivity index (χ1) is 16.7. The molecule has 0 spiro atoms. The molecule has 4 rings (SSSR count). The highest BCUT2D eigenvalue weighted by Crippen LogP contribution is 2.44. The lowest BCUT2D eigenvalue weighted by Crippen LogP contribution is -2.51. The molecular formula is C29H33NO4S. The number of nitrogens with zero attached hydrogens (tertiary/aromatic N) is 1. The van der Waals surface area contributed by atoms with Crippen LogP contribution in [0.1, 0.15) is 44.4 Å². The predicted octanol–water partition coefficient (Wildman–Crippen LogP) is 5.43.